The van der Waals surface area contributed by atoms with E-state index in [2.05, 4.69) is 79.7 Å². The first-order valence-corrected chi connectivity index (χ1v) is 12.4. The van der Waals surface area contributed by atoms with Gasteiger partial charge in [0.25, 0.3) is 0 Å². The fourth-order valence-corrected chi connectivity index (χ4v) is 5.37. The highest BCUT2D eigenvalue weighted by molar-refractivity contribution is 5.87. The van der Waals surface area contributed by atoms with Crippen LogP contribution in [0.1, 0.15) is 84.7 Å². The predicted octanol–water partition coefficient (Wildman–Crippen LogP) is 8.18. The van der Waals surface area contributed by atoms with Gasteiger partial charge in [-0.2, -0.15) is 0 Å². The van der Waals surface area contributed by atoms with Crippen molar-refractivity contribution in [3.05, 3.63) is 99.9 Å². The van der Waals surface area contributed by atoms with Gasteiger partial charge in [0.2, 0.25) is 0 Å². The summed E-state index contributed by atoms with van der Waals surface area (Å²) in [6.45, 7) is 2.31. The van der Waals surface area contributed by atoms with Crippen molar-refractivity contribution in [2.24, 2.45) is 0 Å². The van der Waals surface area contributed by atoms with E-state index in [1.54, 1.807) is 16.7 Å². The molecule has 1 aromatic heterocycles. The molecule has 0 bridgehead atoms. The van der Waals surface area contributed by atoms with Gasteiger partial charge >= 0.3 is 0 Å². The molecule has 1 heterocycles. The number of allylic oxidation sites excluding steroid dienone is 2. The number of hydrogen-bond acceptors (Lipinski definition) is 1. The highest BCUT2D eigenvalue weighted by Gasteiger charge is 2.27. The number of benzene rings is 2. The van der Waals surface area contributed by atoms with Gasteiger partial charge in [-0.1, -0.05) is 74.0 Å². The molecule has 32 heavy (non-hydrogen) atoms. The second kappa shape index (κ2) is 9.69. The number of hydrogen-bond donors (Lipinski definition) is 0. The molecule has 0 spiro atoms. The van der Waals surface area contributed by atoms with E-state index >= 15 is 0 Å². The fourth-order valence-electron chi connectivity index (χ4n) is 5.37. The summed E-state index contributed by atoms with van der Waals surface area (Å²) in [5, 5.41) is 0. The summed E-state index contributed by atoms with van der Waals surface area (Å²) in [5.74, 6) is 0. The van der Waals surface area contributed by atoms with E-state index in [1.807, 2.05) is 0 Å². The topological polar surface area (TPSA) is 12.9 Å². The molecule has 0 radical (unpaired) electrons. The smallest absolute Gasteiger partial charge is 0.0704 e. The molecule has 0 N–H and O–H groups in total. The van der Waals surface area contributed by atoms with E-state index in [1.165, 1.54) is 78.6 Å². The molecule has 1 nitrogen and oxygen atoms in total. The number of rotatable bonds is 5. The van der Waals surface area contributed by atoms with Crippen molar-refractivity contribution in [3.63, 3.8) is 0 Å². The van der Waals surface area contributed by atoms with Crippen molar-refractivity contribution in [2.45, 2.75) is 64.7 Å². The van der Waals surface area contributed by atoms with Gasteiger partial charge < -0.3 is 0 Å². The third-order valence-electron chi connectivity index (χ3n) is 6.94. The molecule has 2 aromatic carbocycles. The largest absolute Gasteiger partial charge is 0.248 e. The van der Waals surface area contributed by atoms with Gasteiger partial charge in [0.15, 0.2) is 0 Å². The van der Waals surface area contributed by atoms with Crippen LogP contribution in [0.5, 0.6) is 0 Å². The van der Waals surface area contributed by atoms with Gasteiger partial charge in [-0.25, -0.2) is 4.98 Å². The Morgan fingerprint density at radius 2 is 1.19 bits per heavy atom. The first kappa shape index (κ1) is 20.9. The van der Waals surface area contributed by atoms with E-state index in [-0.39, 0.29) is 0 Å². The lowest BCUT2D eigenvalue weighted by atomic mass is 9.79. The zero-order valence-electron chi connectivity index (χ0n) is 19.2. The maximum atomic E-state index is 5.44. The van der Waals surface area contributed by atoms with E-state index < -0.39 is 0 Å². The first-order valence-electron chi connectivity index (χ1n) is 12.4. The Morgan fingerprint density at radius 1 is 0.688 bits per heavy atom. The molecule has 0 fully saturated rings. The van der Waals surface area contributed by atoms with Crippen molar-refractivity contribution >= 4 is 23.3 Å². The van der Waals surface area contributed by atoms with Gasteiger partial charge in [0, 0.05) is 0 Å². The van der Waals surface area contributed by atoms with Crippen LogP contribution in [0.4, 0.5) is 0 Å². The molecular weight excluding hydrogens is 386 g/mol. The van der Waals surface area contributed by atoms with Gasteiger partial charge in [-0.3, -0.25) is 0 Å². The molecule has 2 aliphatic carbocycles. The van der Waals surface area contributed by atoms with Crippen LogP contribution in [-0.4, -0.2) is 4.98 Å². The van der Waals surface area contributed by atoms with E-state index in [0.717, 1.165) is 12.8 Å². The monoisotopic (exact) mass is 419 g/mol. The van der Waals surface area contributed by atoms with Crippen molar-refractivity contribution < 1.29 is 0 Å². The number of pyridine rings is 1. The zero-order valence-corrected chi connectivity index (χ0v) is 19.2. The Balaban J connectivity index is 1.67. The maximum Gasteiger partial charge on any atom is 0.0704 e. The van der Waals surface area contributed by atoms with Crippen LogP contribution < -0.4 is 0 Å². The molecule has 0 amide bonds. The quantitative estimate of drug-likeness (QED) is 0.406. The Bertz CT molecular complexity index is 1050. The van der Waals surface area contributed by atoms with E-state index in [0.29, 0.717) is 0 Å². The second-order valence-electron chi connectivity index (χ2n) is 9.22. The summed E-state index contributed by atoms with van der Waals surface area (Å²) in [7, 11) is 0. The summed E-state index contributed by atoms with van der Waals surface area (Å²) in [6.07, 6.45) is 15.5. The fraction of sp³-hybridized carbons (Fsp3) is 0.323. The molecular formula is C31H33N. The van der Waals surface area contributed by atoms with Crippen molar-refractivity contribution in [1.29, 1.82) is 0 Å². The lowest BCUT2D eigenvalue weighted by Crippen LogP contribution is -2.17. The summed E-state index contributed by atoms with van der Waals surface area (Å²) >= 11 is 0. The van der Waals surface area contributed by atoms with Crippen LogP contribution in [0.2, 0.25) is 0 Å². The maximum absolute atomic E-state index is 5.44. The highest BCUT2D eigenvalue weighted by atomic mass is 14.7. The molecule has 0 saturated carbocycles. The molecule has 0 aliphatic heterocycles. The SMILES string of the molecule is CCCCc1c2c(nc3c1CCCC3=Cc1ccccc1)C(=Cc1ccccc1)CCC2. The van der Waals surface area contributed by atoms with Gasteiger partial charge in [-0.05, 0) is 102 Å². The van der Waals surface area contributed by atoms with Crippen LogP contribution in [0, 0.1) is 0 Å². The Kier molecular flexibility index (Phi) is 6.34. The Labute approximate surface area is 192 Å². The van der Waals surface area contributed by atoms with Crippen LogP contribution in [-0.2, 0) is 19.3 Å². The van der Waals surface area contributed by atoms with Crippen molar-refractivity contribution in [3.8, 4) is 0 Å². The Morgan fingerprint density at radius 3 is 1.66 bits per heavy atom. The van der Waals surface area contributed by atoms with E-state index in [4.69, 9.17) is 4.98 Å². The second-order valence-corrected chi connectivity index (χ2v) is 9.22. The first-order chi connectivity index (χ1) is 15.8. The number of nitrogens with zero attached hydrogens (tertiary/aromatic N) is 1. The molecule has 3 aromatic rings. The van der Waals surface area contributed by atoms with Gasteiger partial charge in [-0.15, -0.1) is 0 Å². The third kappa shape index (κ3) is 4.35. The molecule has 0 saturated heterocycles. The van der Waals surface area contributed by atoms with Gasteiger partial charge in [0.1, 0.15) is 0 Å². The minimum atomic E-state index is 1.12. The summed E-state index contributed by atoms with van der Waals surface area (Å²) < 4.78 is 0. The minimum Gasteiger partial charge on any atom is -0.248 e. The summed E-state index contributed by atoms with van der Waals surface area (Å²) in [6, 6.07) is 21.5. The van der Waals surface area contributed by atoms with Crippen LogP contribution in [0.25, 0.3) is 23.3 Å². The average Bonchev–Trinajstić information content (AvgIpc) is 2.84. The molecule has 0 atom stereocenters. The minimum absolute atomic E-state index is 1.12. The standard InChI is InChI=1S/C31H33N/c1-2-3-18-27-28-19-10-16-25(21-23-12-6-4-7-13-23)30(28)32-31-26(17-11-20-29(27)31)22-24-14-8-5-9-15-24/h4-9,12-15,21-22H,2-3,10-11,16-20H2,1H3. The van der Waals surface area contributed by atoms with Gasteiger partial charge in [0.05, 0.1) is 11.4 Å². The van der Waals surface area contributed by atoms with Crippen molar-refractivity contribution in [2.75, 3.05) is 0 Å². The third-order valence-corrected chi connectivity index (χ3v) is 6.94. The van der Waals surface area contributed by atoms with E-state index in [9.17, 15) is 0 Å². The number of aromatic nitrogens is 1. The average molecular weight is 420 g/mol. The lowest BCUT2D eigenvalue weighted by molar-refractivity contribution is 0.721. The normalized spacial score (nSPS) is 17.9. The number of fused-ring (bicyclic) bond motifs is 2. The predicted molar refractivity (Wildman–Crippen MR) is 137 cm³/mol. The molecule has 162 valence electrons. The van der Waals surface area contributed by atoms with Crippen LogP contribution in [0.3, 0.4) is 0 Å². The zero-order chi connectivity index (χ0) is 21.8. The highest BCUT2D eigenvalue weighted by Crippen LogP contribution is 2.41. The molecule has 2 aliphatic rings. The molecule has 0 unspecified atom stereocenters. The van der Waals surface area contributed by atoms with Crippen molar-refractivity contribution in [1.82, 2.24) is 4.98 Å². The molecule has 5 rings (SSSR count). The summed E-state index contributed by atoms with van der Waals surface area (Å²) in [5.41, 5.74) is 12.7. The van der Waals surface area contributed by atoms with Crippen LogP contribution in [0.15, 0.2) is 60.7 Å². The van der Waals surface area contributed by atoms with Crippen LogP contribution >= 0.6 is 0 Å². The molecule has 1 heteroatoms. The Hall–Kier alpha value is -2.93. The lowest BCUT2D eigenvalue weighted by Gasteiger charge is -2.29. The summed E-state index contributed by atoms with van der Waals surface area (Å²) in [4.78, 5) is 5.44. The number of unbranched alkanes of at least 4 members (excludes halogenated alkanes) is 1.